The van der Waals surface area contributed by atoms with Crippen molar-refractivity contribution in [3.8, 4) is 0 Å². The van der Waals surface area contributed by atoms with Crippen LogP contribution in [0.4, 0.5) is 10.2 Å². The lowest BCUT2D eigenvalue weighted by Gasteiger charge is -2.26. The van der Waals surface area contributed by atoms with Crippen LogP contribution in [0.1, 0.15) is 6.23 Å². The number of nitrogens with two attached hydrogens (primary N) is 1. The van der Waals surface area contributed by atoms with E-state index in [2.05, 4.69) is 4.98 Å². The van der Waals surface area contributed by atoms with Crippen LogP contribution in [0.25, 0.3) is 0 Å². The summed E-state index contributed by atoms with van der Waals surface area (Å²) in [5.74, 6) is -0.556. The van der Waals surface area contributed by atoms with E-state index >= 15 is 0 Å². The maximum absolute atomic E-state index is 14.1. The average Bonchev–Trinajstić information content (AvgIpc) is 2.68. The second-order valence-electron chi connectivity index (χ2n) is 4.42. The van der Waals surface area contributed by atoms with E-state index in [1.807, 2.05) is 0 Å². The summed E-state index contributed by atoms with van der Waals surface area (Å²) < 4.78 is 20.2. The molecule has 0 aliphatic carbocycles. The van der Waals surface area contributed by atoms with Gasteiger partial charge in [-0.3, -0.25) is 4.57 Å². The van der Waals surface area contributed by atoms with E-state index in [4.69, 9.17) is 33.7 Å². The van der Waals surface area contributed by atoms with Gasteiger partial charge in [0.1, 0.15) is 17.5 Å². The fourth-order valence-corrected chi connectivity index (χ4v) is 2.41. The minimum absolute atomic E-state index is 0.0674. The topological polar surface area (TPSA) is 111 Å². The highest BCUT2D eigenvalue weighted by molar-refractivity contribution is 6.32. The zero-order valence-corrected chi connectivity index (χ0v) is 11.6. The fraction of sp³-hybridized carbons (Fsp3) is 0.600. The Kier molecular flexibility index (Phi) is 4.22. The number of nitrogens with zero attached hydrogens (tertiary/aromatic N) is 2. The number of nitrogen functional groups attached to an aromatic ring is 1. The summed E-state index contributed by atoms with van der Waals surface area (Å²) in [7, 11) is 0. The number of alkyl halides is 2. The second-order valence-corrected chi connectivity index (χ2v) is 5.09. The normalized spacial score (nSPS) is 33.5. The second kappa shape index (κ2) is 5.45. The molecule has 0 unspecified atom stereocenters. The van der Waals surface area contributed by atoms with Gasteiger partial charge in [-0.1, -0.05) is 11.6 Å². The molecule has 0 saturated carbocycles. The number of hydrogen-bond acceptors (Lipinski definition) is 6. The van der Waals surface area contributed by atoms with Crippen molar-refractivity contribution in [2.75, 3.05) is 18.2 Å². The predicted octanol–water partition coefficient (Wildman–Crippen LogP) is -0.323. The molecule has 0 radical (unpaired) electrons. The molecule has 2 rings (SSSR count). The zero-order valence-electron chi connectivity index (χ0n) is 10.0. The number of aliphatic hydroxyl groups is 2. The SMILES string of the molecule is Nc1nc(=O)n([C@@H]2O[C@@](CO)(CCl)[C@@H](O)[C@@H]2F)cc1Cl. The van der Waals surface area contributed by atoms with Crippen LogP contribution in [0, 0.1) is 0 Å². The van der Waals surface area contributed by atoms with Gasteiger partial charge in [0, 0.05) is 6.20 Å². The Bertz CT molecular complexity index is 566. The fourth-order valence-electron chi connectivity index (χ4n) is 1.96. The van der Waals surface area contributed by atoms with Crippen LogP contribution >= 0.6 is 23.2 Å². The summed E-state index contributed by atoms with van der Waals surface area (Å²) >= 11 is 11.3. The highest BCUT2D eigenvalue weighted by Crippen LogP contribution is 2.39. The molecular formula is C10H12Cl2FN3O4. The summed E-state index contributed by atoms with van der Waals surface area (Å²) in [6, 6.07) is 0. The molecular weight excluding hydrogens is 316 g/mol. The average molecular weight is 328 g/mol. The number of halogens is 3. The van der Waals surface area contributed by atoms with Crippen LogP contribution in [-0.2, 0) is 4.74 Å². The first-order valence-corrected chi connectivity index (χ1v) is 6.48. The molecule has 1 aliphatic heterocycles. The zero-order chi connectivity index (χ0) is 15.1. The third-order valence-electron chi connectivity index (χ3n) is 3.17. The van der Waals surface area contributed by atoms with Crippen LogP contribution in [0.2, 0.25) is 5.02 Å². The van der Waals surface area contributed by atoms with E-state index in [1.54, 1.807) is 0 Å². The molecule has 0 bridgehead atoms. The number of aromatic nitrogens is 2. The van der Waals surface area contributed by atoms with E-state index in [1.165, 1.54) is 0 Å². The molecule has 1 saturated heterocycles. The Labute approximate surface area is 122 Å². The van der Waals surface area contributed by atoms with E-state index < -0.39 is 36.4 Å². The van der Waals surface area contributed by atoms with Crippen LogP contribution < -0.4 is 11.4 Å². The van der Waals surface area contributed by atoms with Gasteiger partial charge in [-0.25, -0.2) is 9.18 Å². The van der Waals surface area contributed by atoms with Gasteiger partial charge in [-0.05, 0) is 0 Å². The number of anilines is 1. The van der Waals surface area contributed by atoms with Crippen molar-refractivity contribution in [2.45, 2.75) is 24.1 Å². The van der Waals surface area contributed by atoms with Crippen molar-refractivity contribution in [3.63, 3.8) is 0 Å². The minimum atomic E-state index is -1.99. The highest BCUT2D eigenvalue weighted by atomic mass is 35.5. The molecule has 0 spiro atoms. The van der Waals surface area contributed by atoms with Gasteiger partial charge in [0.25, 0.3) is 0 Å². The summed E-state index contributed by atoms with van der Waals surface area (Å²) in [5.41, 5.74) is 2.77. The molecule has 4 atom stereocenters. The van der Waals surface area contributed by atoms with Gasteiger partial charge in [-0.2, -0.15) is 4.98 Å². The molecule has 20 heavy (non-hydrogen) atoms. The molecule has 2 heterocycles. The third-order valence-corrected chi connectivity index (χ3v) is 3.91. The summed E-state index contributed by atoms with van der Waals surface area (Å²) in [6.45, 7) is -0.709. The van der Waals surface area contributed by atoms with Gasteiger partial charge < -0.3 is 20.7 Å². The van der Waals surface area contributed by atoms with Gasteiger partial charge in [0.2, 0.25) is 0 Å². The molecule has 1 aromatic rings. The lowest BCUT2D eigenvalue weighted by atomic mass is 9.99. The molecule has 10 heteroatoms. The lowest BCUT2D eigenvalue weighted by Crippen LogP contribution is -2.47. The summed E-state index contributed by atoms with van der Waals surface area (Å²) in [4.78, 5) is 15.1. The smallest absolute Gasteiger partial charge is 0.351 e. The van der Waals surface area contributed by atoms with E-state index in [9.17, 15) is 19.4 Å². The standard InChI is InChI=1S/C10H12Cl2FN3O4/c11-2-10(3-17)6(18)5(13)8(20-10)16-1-4(12)7(14)15-9(16)19/h1,5-6,8,17-18H,2-3H2,(H2,14,15,19)/t5-,6-,8+,10+/m0/s1. The van der Waals surface area contributed by atoms with Crippen molar-refractivity contribution in [1.29, 1.82) is 0 Å². The monoisotopic (exact) mass is 327 g/mol. The summed E-state index contributed by atoms with van der Waals surface area (Å²) in [6.07, 6.45) is -4.13. The molecule has 0 aromatic carbocycles. The quantitative estimate of drug-likeness (QED) is 0.656. The third kappa shape index (κ3) is 2.27. The van der Waals surface area contributed by atoms with Crippen molar-refractivity contribution in [2.24, 2.45) is 0 Å². The Morgan fingerprint density at radius 2 is 2.30 bits per heavy atom. The molecule has 4 N–H and O–H groups in total. The molecule has 7 nitrogen and oxygen atoms in total. The number of hydrogen-bond donors (Lipinski definition) is 3. The van der Waals surface area contributed by atoms with Crippen LogP contribution in [-0.4, -0.2) is 50.1 Å². The summed E-state index contributed by atoms with van der Waals surface area (Å²) in [5, 5.41) is 19.0. The maximum atomic E-state index is 14.1. The minimum Gasteiger partial charge on any atom is -0.393 e. The largest absolute Gasteiger partial charge is 0.393 e. The number of aliphatic hydroxyl groups excluding tert-OH is 2. The lowest BCUT2D eigenvalue weighted by molar-refractivity contribution is -0.115. The Morgan fingerprint density at radius 1 is 1.65 bits per heavy atom. The molecule has 0 amide bonds. The Hall–Kier alpha value is -0.930. The number of ether oxygens (including phenoxy) is 1. The van der Waals surface area contributed by atoms with E-state index in [0.717, 1.165) is 10.8 Å². The van der Waals surface area contributed by atoms with Gasteiger partial charge in [0.05, 0.1) is 17.5 Å². The molecule has 112 valence electrons. The van der Waals surface area contributed by atoms with Crippen LogP contribution in [0.15, 0.2) is 11.0 Å². The van der Waals surface area contributed by atoms with Gasteiger partial charge in [-0.15, -0.1) is 11.6 Å². The van der Waals surface area contributed by atoms with E-state index in [0.29, 0.717) is 0 Å². The molecule has 1 aromatic heterocycles. The highest BCUT2D eigenvalue weighted by Gasteiger charge is 2.55. The Morgan fingerprint density at radius 3 is 2.80 bits per heavy atom. The van der Waals surface area contributed by atoms with Gasteiger partial charge >= 0.3 is 5.69 Å². The van der Waals surface area contributed by atoms with E-state index in [-0.39, 0.29) is 16.7 Å². The molecule has 1 aliphatic rings. The van der Waals surface area contributed by atoms with Crippen molar-refractivity contribution in [3.05, 3.63) is 21.7 Å². The van der Waals surface area contributed by atoms with Crippen LogP contribution in [0.3, 0.4) is 0 Å². The van der Waals surface area contributed by atoms with Gasteiger partial charge in [0.15, 0.2) is 12.4 Å². The first kappa shape index (κ1) is 15.5. The van der Waals surface area contributed by atoms with Crippen LogP contribution in [0.5, 0.6) is 0 Å². The van der Waals surface area contributed by atoms with Crippen molar-refractivity contribution >= 4 is 29.0 Å². The Balaban J connectivity index is 2.45. The predicted molar refractivity (Wildman–Crippen MR) is 69.5 cm³/mol. The van der Waals surface area contributed by atoms with Crippen molar-refractivity contribution in [1.82, 2.24) is 9.55 Å². The first-order valence-electron chi connectivity index (χ1n) is 5.57. The number of rotatable bonds is 3. The first-order chi connectivity index (χ1) is 9.36. The molecule has 1 fully saturated rings. The maximum Gasteiger partial charge on any atom is 0.351 e. The van der Waals surface area contributed by atoms with Crippen molar-refractivity contribution < 1.29 is 19.3 Å².